The molecule has 162 valence electrons. The summed E-state index contributed by atoms with van der Waals surface area (Å²) in [5.41, 5.74) is 2.27. The predicted octanol–water partition coefficient (Wildman–Crippen LogP) is 6.07. The number of nitrogens with zero attached hydrogens (tertiary/aromatic N) is 2. The van der Waals surface area contributed by atoms with E-state index in [0.717, 1.165) is 42.3 Å². The highest BCUT2D eigenvalue weighted by atomic mass is 35.5. The lowest BCUT2D eigenvalue weighted by Gasteiger charge is -2.42. The Hall–Kier alpha value is -2.36. The highest BCUT2D eigenvalue weighted by Gasteiger charge is 2.38. The summed E-state index contributed by atoms with van der Waals surface area (Å²) in [5.74, 6) is 0.185. The van der Waals surface area contributed by atoms with Crippen LogP contribution in [0.4, 0.5) is 0 Å². The van der Waals surface area contributed by atoms with E-state index in [2.05, 4.69) is 55.3 Å². The molecular weight excluding hydrogens is 404 g/mol. The molecule has 0 aliphatic carbocycles. The lowest BCUT2D eigenvalue weighted by molar-refractivity contribution is -0.133. The number of rotatable bonds is 5. The summed E-state index contributed by atoms with van der Waals surface area (Å²) in [6, 6.07) is 22.8. The van der Waals surface area contributed by atoms with Crippen LogP contribution in [0.25, 0.3) is 10.8 Å². The van der Waals surface area contributed by atoms with Gasteiger partial charge >= 0.3 is 0 Å². The van der Waals surface area contributed by atoms with Gasteiger partial charge in [0.15, 0.2) is 0 Å². The summed E-state index contributed by atoms with van der Waals surface area (Å²) in [4.78, 5) is 17.8. The first-order chi connectivity index (χ1) is 14.9. The Morgan fingerprint density at radius 2 is 1.71 bits per heavy atom. The van der Waals surface area contributed by atoms with Gasteiger partial charge in [0, 0.05) is 23.9 Å². The number of likely N-dealkylation sites (tertiary alicyclic amines) is 1. The van der Waals surface area contributed by atoms with E-state index >= 15 is 0 Å². The van der Waals surface area contributed by atoms with Crippen molar-refractivity contribution in [1.82, 2.24) is 9.80 Å². The number of fused-ring (bicyclic) bond motifs is 1. The summed E-state index contributed by atoms with van der Waals surface area (Å²) in [6.45, 7) is 4.13. The molecule has 1 fully saturated rings. The van der Waals surface area contributed by atoms with Crippen molar-refractivity contribution in [1.29, 1.82) is 0 Å². The van der Waals surface area contributed by atoms with Crippen LogP contribution < -0.4 is 0 Å². The van der Waals surface area contributed by atoms with E-state index in [0.29, 0.717) is 11.4 Å². The van der Waals surface area contributed by atoms with Gasteiger partial charge in [0.05, 0.1) is 6.04 Å². The monoisotopic (exact) mass is 434 g/mol. The molecular formula is C27H31ClN2O. The lowest BCUT2D eigenvalue weighted by atomic mass is 9.70. The quantitative estimate of drug-likeness (QED) is 0.486. The molecule has 1 heterocycles. The first-order valence-electron chi connectivity index (χ1n) is 11.1. The molecule has 1 aliphatic heterocycles. The van der Waals surface area contributed by atoms with Crippen molar-refractivity contribution in [2.24, 2.45) is 0 Å². The molecule has 4 rings (SSSR count). The summed E-state index contributed by atoms with van der Waals surface area (Å²) in [5, 5.41) is 2.96. The molecule has 31 heavy (non-hydrogen) atoms. The van der Waals surface area contributed by atoms with Crippen LogP contribution in [0.5, 0.6) is 0 Å². The largest absolute Gasteiger partial charge is 0.339 e. The predicted molar refractivity (Wildman–Crippen MR) is 130 cm³/mol. The van der Waals surface area contributed by atoms with Gasteiger partial charge in [0.1, 0.15) is 0 Å². The number of hydrogen-bond donors (Lipinski definition) is 0. The van der Waals surface area contributed by atoms with Crippen molar-refractivity contribution < 1.29 is 4.79 Å². The zero-order valence-electron chi connectivity index (χ0n) is 18.6. The Morgan fingerprint density at radius 3 is 2.42 bits per heavy atom. The van der Waals surface area contributed by atoms with Gasteiger partial charge in [-0.15, -0.1) is 0 Å². The molecule has 1 unspecified atom stereocenters. The molecule has 0 bridgehead atoms. The first-order valence-corrected chi connectivity index (χ1v) is 11.5. The fourth-order valence-corrected chi connectivity index (χ4v) is 5.13. The van der Waals surface area contributed by atoms with E-state index in [1.54, 1.807) is 0 Å². The van der Waals surface area contributed by atoms with Crippen molar-refractivity contribution in [2.45, 2.75) is 37.6 Å². The Balaban J connectivity index is 1.61. The highest BCUT2D eigenvalue weighted by molar-refractivity contribution is 6.31. The smallest absolute Gasteiger partial charge is 0.223 e. The van der Waals surface area contributed by atoms with Crippen LogP contribution in [-0.2, 0) is 10.2 Å². The van der Waals surface area contributed by atoms with Crippen LogP contribution in [-0.4, -0.2) is 42.9 Å². The second-order valence-corrected chi connectivity index (χ2v) is 9.46. The maximum atomic E-state index is 13.6. The van der Waals surface area contributed by atoms with Crippen molar-refractivity contribution >= 4 is 28.3 Å². The maximum Gasteiger partial charge on any atom is 0.223 e. The lowest BCUT2D eigenvalue weighted by Crippen LogP contribution is -2.44. The number of piperidine rings is 1. The zero-order chi connectivity index (χ0) is 22.0. The summed E-state index contributed by atoms with van der Waals surface area (Å²) >= 11 is 6.42. The van der Waals surface area contributed by atoms with E-state index in [1.165, 1.54) is 5.56 Å². The first kappa shape index (κ1) is 21.9. The SMILES string of the molecule is CC(c1cc(Cl)cc2ccccc12)N(C)C(=O)CC1(c2ccccc2)CCN(C)CC1. The molecule has 0 spiro atoms. The van der Waals surface area contributed by atoms with E-state index in [1.807, 2.05) is 42.3 Å². The third kappa shape index (κ3) is 4.49. The molecule has 3 aromatic rings. The second kappa shape index (κ2) is 9.02. The Bertz CT molecular complexity index is 1060. The molecule has 0 saturated carbocycles. The van der Waals surface area contributed by atoms with Crippen LogP contribution in [0.15, 0.2) is 66.7 Å². The number of amides is 1. The van der Waals surface area contributed by atoms with Crippen LogP contribution >= 0.6 is 11.6 Å². The summed E-state index contributed by atoms with van der Waals surface area (Å²) in [7, 11) is 4.09. The van der Waals surface area contributed by atoms with Crippen LogP contribution in [0.3, 0.4) is 0 Å². The molecule has 1 saturated heterocycles. The molecule has 1 aliphatic rings. The van der Waals surface area contributed by atoms with E-state index in [-0.39, 0.29) is 17.4 Å². The standard InChI is InChI=1S/C27H31ClN2O/c1-20(25-18-23(28)17-21-9-7-8-12-24(21)25)30(3)26(31)19-27(13-15-29(2)16-14-27)22-10-5-4-6-11-22/h4-12,17-18,20H,13-16,19H2,1-3H3. The third-order valence-corrected chi connectivity index (χ3v) is 7.32. The third-order valence-electron chi connectivity index (χ3n) is 7.10. The number of hydrogen-bond acceptors (Lipinski definition) is 2. The van der Waals surface area contributed by atoms with E-state index < -0.39 is 0 Å². The van der Waals surface area contributed by atoms with Gasteiger partial charge in [-0.25, -0.2) is 0 Å². The minimum Gasteiger partial charge on any atom is -0.339 e. The second-order valence-electron chi connectivity index (χ2n) is 9.02. The average molecular weight is 435 g/mol. The Kier molecular flexibility index (Phi) is 6.36. The van der Waals surface area contributed by atoms with Crippen LogP contribution in [0.1, 0.15) is 43.4 Å². The topological polar surface area (TPSA) is 23.6 Å². The molecule has 1 amide bonds. The molecule has 1 atom stereocenters. The maximum absolute atomic E-state index is 13.6. The normalized spacial score (nSPS) is 17.4. The number of benzene rings is 3. The minimum absolute atomic E-state index is 0.0600. The van der Waals surface area contributed by atoms with Crippen LogP contribution in [0, 0.1) is 0 Å². The van der Waals surface area contributed by atoms with Gasteiger partial charge in [0.25, 0.3) is 0 Å². The van der Waals surface area contributed by atoms with Gasteiger partial charge in [-0.05, 0) is 73.9 Å². The Morgan fingerprint density at radius 1 is 1.06 bits per heavy atom. The van der Waals surface area contributed by atoms with Gasteiger partial charge in [0.2, 0.25) is 5.91 Å². The van der Waals surface area contributed by atoms with E-state index in [4.69, 9.17) is 11.6 Å². The molecule has 0 N–H and O–H groups in total. The molecule has 0 radical (unpaired) electrons. The fraction of sp³-hybridized carbons (Fsp3) is 0.370. The number of halogens is 1. The van der Waals surface area contributed by atoms with Crippen molar-refractivity contribution in [3.63, 3.8) is 0 Å². The van der Waals surface area contributed by atoms with Gasteiger partial charge in [-0.2, -0.15) is 0 Å². The minimum atomic E-state index is -0.102. The zero-order valence-corrected chi connectivity index (χ0v) is 19.4. The van der Waals surface area contributed by atoms with Gasteiger partial charge < -0.3 is 9.80 Å². The summed E-state index contributed by atoms with van der Waals surface area (Å²) < 4.78 is 0. The van der Waals surface area contributed by atoms with E-state index in [9.17, 15) is 4.79 Å². The average Bonchev–Trinajstić information content (AvgIpc) is 2.79. The molecule has 3 aromatic carbocycles. The molecule has 0 aromatic heterocycles. The van der Waals surface area contributed by atoms with Crippen molar-refractivity contribution in [3.05, 3.63) is 82.9 Å². The highest BCUT2D eigenvalue weighted by Crippen LogP contribution is 2.40. The fourth-order valence-electron chi connectivity index (χ4n) is 4.89. The molecule has 3 nitrogen and oxygen atoms in total. The van der Waals surface area contributed by atoms with Gasteiger partial charge in [-0.1, -0.05) is 66.2 Å². The van der Waals surface area contributed by atoms with Crippen molar-refractivity contribution in [3.8, 4) is 0 Å². The number of carbonyl (C=O) groups is 1. The number of carbonyl (C=O) groups excluding carboxylic acids is 1. The van der Waals surface area contributed by atoms with Gasteiger partial charge in [-0.3, -0.25) is 4.79 Å². The van der Waals surface area contributed by atoms with Crippen molar-refractivity contribution in [2.75, 3.05) is 27.2 Å². The summed E-state index contributed by atoms with van der Waals surface area (Å²) in [6.07, 6.45) is 2.54. The molecule has 4 heteroatoms. The van der Waals surface area contributed by atoms with Crippen LogP contribution in [0.2, 0.25) is 5.02 Å². The Labute approximate surface area is 190 Å².